The Bertz CT molecular complexity index is 394. The second-order valence-electron chi connectivity index (χ2n) is 4.44. The molecule has 2 rings (SSSR count). The lowest BCUT2D eigenvalue weighted by Crippen LogP contribution is -2.32. The van der Waals surface area contributed by atoms with E-state index in [1.165, 1.54) is 0 Å². The zero-order valence-electron chi connectivity index (χ0n) is 11.2. The molecule has 3 atom stereocenters. The van der Waals surface area contributed by atoms with Crippen LogP contribution in [0.25, 0.3) is 0 Å². The summed E-state index contributed by atoms with van der Waals surface area (Å²) in [6.07, 6.45) is 8.58. The minimum Gasteiger partial charge on any atom is -0.356 e. The van der Waals surface area contributed by atoms with Gasteiger partial charge in [0.1, 0.15) is 11.7 Å². The Hall–Kier alpha value is -0.410. The lowest BCUT2D eigenvalue weighted by atomic mass is 9.95. The molecular formula is C13H21O4P. The van der Waals surface area contributed by atoms with Gasteiger partial charge in [-0.15, -0.1) is 0 Å². The van der Waals surface area contributed by atoms with Gasteiger partial charge in [0.15, 0.2) is 0 Å². The molecule has 0 aromatic heterocycles. The topological polar surface area (TPSA) is 48.1 Å². The largest absolute Gasteiger partial charge is 0.356 e. The van der Waals surface area contributed by atoms with Crippen molar-refractivity contribution in [2.75, 3.05) is 13.2 Å². The molecule has 0 amide bonds. The normalized spacial score (nSPS) is 31.2. The maximum absolute atomic E-state index is 12.9. The summed E-state index contributed by atoms with van der Waals surface area (Å²) in [5, 5.41) is 0. The maximum Gasteiger partial charge on any atom is 0.337 e. The van der Waals surface area contributed by atoms with E-state index in [1.54, 1.807) is 0 Å². The van der Waals surface area contributed by atoms with Crippen molar-refractivity contribution in [3.63, 3.8) is 0 Å². The Morgan fingerprint density at radius 2 is 1.94 bits per heavy atom. The highest BCUT2D eigenvalue weighted by atomic mass is 31.2. The van der Waals surface area contributed by atoms with Crippen molar-refractivity contribution in [3.8, 4) is 0 Å². The standard InChI is InChI=1S/C13H21O4P/c1-4-12(18(14,15-5-2)16-6-3)13-10-8-7-9-11(13)17-13/h7-12H,4-6H2,1-3H3. The van der Waals surface area contributed by atoms with Crippen molar-refractivity contribution < 1.29 is 18.3 Å². The molecule has 0 radical (unpaired) electrons. The Kier molecular flexibility index (Phi) is 4.12. The molecule has 3 unspecified atom stereocenters. The molecular weight excluding hydrogens is 251 g/mol. The van der Waals surface area contributed by atoms with Crippen molar-refractivity contribution in [3.05, 3.63) is 24.3 Å². The van der Waals surface area contributed by atoms with Gasteiger partial charge >= 0.3 is 7.60 Å². The van der Waals surface area contributed by atoms with Gasteiger partial charge in [-0.25, -0.2) is 0 Å². The zero-order chi connectivity index (χ0) is 13.2. The van der Waals surface area contributed by atoms with Crippen molar-refractivity contribution in [1.29, 1.82) is 0 Å². The fourth-order valence-electron chi connectivity index (χ4n) is 2.63. The van der Waals surface area contributed by atoms with E-state index >= 15 is 0 Å². The number of hydrogen-bond acceptors (Lipinski definition) is 4. The molecule has 0 aromatic carbocycles. The number of allylic oxidation sites excluding steroid dienone is 2. The van der Waals surface area contributed by atoms with E-state index in [1.807, 2.05) is 45.1 Å². The highest BCUT2D eigenvalue weighted by Gasteiger charge is 2.64. The molecule has 0 N–H and O–H groups in total. The first-order valence-electron chi connectivity index (χ1n) is 6.55. The van der Waals surface area contributed by atoms with E-state index in [9.17, 15) is 4.57 Å². The van der Waals surface area contributed by atoms with Crippen LogP contribution in [0.2, 0.25) is 0 Å². The van der Waals surface area contributed by atoms with Crippen LogP contribution in [0.4, 0.5) is 0 Å². The van der Waals surface area contributed by atoms with E-state index in [2.05, 4.69) is 0 Å². The summed E-state index contributed by atoms with van der Waals surface area (Å²) in [6.45, 7) is 6.42. The van der Waals surface area contributed by atoms with Crippen LogP contribution in [0.3, 0.4) is 0 Å². The molecule has 0 aromatic rings. The SMILES string of the molecule is CCOP(=O)(OCC)C(CC)C12C=CC=CC1O2. The highest BCUT2D eigenvalue weighted by molar-refractivity contribution is 7.54. The number of fused-ring (bicyclic) bond motifs is 1. The molecule has 0 saturated carbocycles. The summed E-state index contributed by atoms with van der Waals surface area (Å²) in [4.78, 5) is 0. The average molecular weight is 272 g/mol. The molecule has 18 heavy (non-hydrogen) atoms. The molecule has 0 bridgehead atoms. The van der Waals surface area contributed by atoms with Gasteiger partial charge in [-0.3, -0.25) is 4.57 Å². The van der Waals surface area contributed by atoms with Crippen LogP contribution in [0.15, 0.2) is 24.3 Å². The second kappa shape index (κ2) is 5.30. The average Bonchev–Trinajstić information content (AvgIpc) is 3.05. The summed E-state index contributed by atoms with van der Waals surface area (Å²) in [5.41, 5.74) is -0.722. The Balaban J connectivity index is 2.25. The molecule has 4 nitrogen and oxygen atoms in total. The maximum atomic E-state index is 12.9. The van der Waals surface area contributed by atoms with E-state index in [-0.39, 0.29) is 11.8 Å². The fraction of sp³-hybridized carbons (Fsp3) is 0.692. The van der Waals surface area contributed by atoms with Crippen molar-refractivity contribution in [2.24, 2.45) is 0 Å². The molecule has 2 aliphatic rings. The molecule has 102 valence electrons. The second-order valence-corrected chi connectivity index (χ2v) is 6.65. The fourth-order valence-corrected chi connectivity index (χ4v) is 5.02. The van der Waals surface area contributed by atoms with Crippen LogP contribution >= 0.6 is 7.60 Å². The van der Waals surface area contributed by atoms with Gasteiger partial charge in [-0.2, -0.15) is 0 Å². The lowest BCUT2D eigenvalue weighted by Gasteiger charge is -2.29. The first-order valence-corrected chi connectivity index (χ1v) is 8.16. The number of ether oxygens (including phenoxy) is 1. The van der Waals surface area contributed by atoms with E-state index in [0.717, 1.165) is 0 Å². The lowest BCUT2D eigenvalue weighted by molar-refractivity contribution is 0.197. The molecule has 1 heterocycles. The van der Waals surface area contributed by atoms with E-state index in [4.69, 9.17) is 13.8 Å². The number of hydrogen-bond donors (Lipinski definition) is 0. The number of epoxide rings is 1. The minimum atomic E-state index is -3.13. The summed E-state index contributed by atoms with van der Waals surface area (Å²) >= 11 is 0. The molecule has 1 saturated heterocycles. The predicted molar refractivity (Wildman–Crippen MR) is 70.8 cm³/mol. The summed E-state index contributed by atoms with van der Waals surface area (Å²) < 4.78 is 29.6. The Morgan fingerprint density at radius 1 is 1.28 bits per heavy atom. The highest BCUT2D eigenvalue weighted by Crippen LogP contribution is 2.64. The number of rotatable bonds is 7. The molecule has 1 fully saturated rings. The van der Waals surface area contributed by atoms with Gasteiger partial charge in [0.2, 0.25) is 0 Å². The predicted octanol–water partition coefficient (Wildman–Crippen LogP) is 3.29. The summed E-state index contributed by atoms with van der Waals surface area (Å²) in [6, 6.07) is 0. The van der Waals surface area contributed by atoms with Gasteiger partial charge < -0.3 is 13.8 Å². The van der Waals surface area contributed by atoms with Gasteiger partial charge in [0, 0.05) is 0 Å². The molecule has 5 heteroatoms. The van der Waals surface area contributed by atoms with Crippen LogP contribution in [0.1, 0.15) is 27.2 Å². The van der Waals surface area contributed by atoms with Crippen LogP contribution in [0.5, 0.6) is 0 Å². The van der Waals surface area contributed by atoms with Crippen LogP contribution in [-0.4, -0.2) is 30.6 Å². The summed E-state index contributed by atoms with van der Waals surface area (Å²) in [7, 11) is -3.13. The first kappa shape index (κ1) is 14.0. The first-order chi connectivity index (χ1) is 8.63. The van der Waals surface area contributed by atoms with Gasteiger partial charge in [-0.1, -0.05) is 25.2 Å². The van der Waals surface area contributed by atoms with E-state index < -0.39 is 13.2 Å². The molecule has 1 aliphatic heterocycles. The van der Waals surface area contributed by atoms with Crippen molar-refractivity contribution in [2.45, 2.75) is 44.6 Å². The van der Waals surface area contributed by atoms with Crippen molar-refractivity contribution >= 4 is 7.60 Å². The Labute approximate surface area is 109 Å². The third-order valence-corrected chi connectivity index (χ3v) is 6.15. The van der Waals surface area contributed by atoms with Gasteiger partial charge in [-0.05, 0) is 26.3 Å². The van der Waals surface area contributed by atoms with Gasteiger partial charge in [0.25, 0.3) is 0 Å². The smallest absolute Gasteiger partial charge is 0.337 e. The Morgan fingerprint density at radius 3 is 2.44 bits per heavy atom. The van der Waals surface area contributed by atoms with E-state index in [0.29, 0.717) is 19.6 Å². The third-order valence-electron chi connectivity index (χ3n) is 3.38. The third kappa shape index (κ3) is 2.23. The summed E-state index contributed by atoms with van der Waals surface area (Å²) in [5.74, 6) is 0. The zero-order valence-corrected chi connectivity index (χ0v) is 12.1. The van der Waals surface area contributed by atoms with Crippen LogP contribution in [0, 0.1) is 0 Å². The molecule has 1 aliphatic carbocycles. The van der Waals surface area contributed by atoms with Gasteiger partial charge in [0.05, 0.1) is 18.9 Å². The van der Waals surface area contributed by atoms with Crippen molar-refractivity contribution in [1.82, 2.24) is 0 Å². The quantitative estimate of drug-likeness (QED) is 0.527. The minimum absolute atomic E-state index is 0.0155. The monoisotopic (exact) mass is 272 g/mol. The van der Waals surface area contributed by atoms with Crippen LogP contribution < -0.4 is 0 Å². The van der Waals surface area contributed by atoms with Crippen LogP contribution in [-0.2, 0) is 18.3 Å². The molecule has 0 spiro atoms.